The molecule has 1 aromatic carbocycles. The number of ether oxygens (including phenoxy) is 1. The van der Waals surface area contributed by atoms with Crippen molar-refractivity contribution in [1.29, 1.82) is 0 Å². The summed E-state index contributed by atoms with van der Waals surface area (Å²) in [5.74, 6) is 0.238. The Hall–Kier alpha value is -2.32. The van der Waals surface area contributed by atoms with Gasteiger partial charge in [-0.15, -0.1) is 5.10 Å². The van der Waals surface area contributed by atoms with Crippen LogP contribution in [0.2, 0.25) is 0 Å². The predicted octanol–water partition coefficient (Wildman–Crippen LogP) is 2.52. The largest absolute Gasteiger partial charge is 0.376 e. The van der Waals surface area contributed by atoms with Gasteiger partial charge in [0.2, 0.25) is 0 Å². The quantitative estimate of drug-likeness (QED) is 0.512. The number of carbonyl (C=O) groups excluding carboxylic acids is 1. The number of aromatic amines is 2. The fraction of sp³-hybridized carbons (Fsp3) is 0.389. The summed E-state index contributed by atoms with van der Waals surface area (Å²) >= 11 is 1.28. The molecule has 1 fully saturated rings. The van der Waals surface area contributed by atoms with E-state index in [4.69, 9.17) is 4.74 Å². The first-order valence-corrected chi connectivity index (χ1v) is 9.62. The number of benzene rings is 1. The molecule has 2 N–H and O–H groups in total. The van der Waals surface area contributed by atoms with Crippen LogP contribution in [0.3, 0.4) is 0 Å². The molecule has 0 bridgehead atoms. The summed E-state index contributed by atoms with van der Waals surface area (Å²) in [5.41, 5.74) is 2.25. The van der Waals surface area contributed by atoms with Gasteiger partial charge in [0.05, 0.1) is 18.4 Å². The summed E-state index contributed by atoms with van der Waals surface area (Å²) in [4.78, 5) is 28.0. The van der Waals surface area contributed by atoms with E-state index in [2.05, 4.69) is 15.2 Å². The van der Waals surface area contributed by atoms with Crippen LogP contribution in [0.15, 0.2) is 34.2 Å². The van der Waals surface area contributed by atoms with E-state index < -0.39 is 0 Å². The summed E-state index contributed by atoms with van der Waals surface area (Å²) in [5, 5.41) is 7.99. The summed E-state index contributed by atoms with van der Waals surface area (Å²) in [6.45, 7) is 3.11. The standard InChI is InChI=1S/C18H20N4O3S/c1-11-16(13-6-2-3-7-14(13)19-11)15(23)10-26-18-21-20-17(24)22(18)9-12-5-4-8-25-12/h2-3,6-7,12,19H,4-5,8-10H2,1H3,(H,20,24)/t12-/m0/s1. The first-order valence-electron chi connectivity index (χ1n) is 8.63. The molecule has 7 nitrogen and oxygen atoms in total. The molecule has 0 spiro atoms. The Morgan fingerprint density at radius 2 is 2.27 bits per heavy atom. The van der Waals surface area contributed by atoms with E-state index in [0.717, 1.165) is 36.0 Å². The molecule has 0 amide bonds. The number of carbonyl (C=O) groups is 1. The number of rotatable bonds is 6. The molecular formula is C18H20N4O3S. The van der Waals surface area contributed by atoms with E-state index in [-0.39, 0.29) is 23.3 Å². The minimum atomic E-state index is -0.265. The molecule has 1 saturated heterocycles. The van der Waals surface area contributed by atoms with Crippen LogP contribution in [0.4, 0.5) is 0 Å². The third-order valence-electron chi connectivity index (χ3n) is 4.64. The van der Waals surface area contributed by atoms with Gasteiger partial charge in [-0.25, -0.2) is 9.89 Å². The molecule has 0 unspecified atom stereocenters. The molecule has 3 heterocycles. The normalized spacial score (nSPS) is 17.2. The number of nitrogens with zero attached hydrogens (tertiary/aromatic N) is 2. The average molecular weight is 372 g/mol. The Labute approximate surface area is 154 Å². The van der Waals surface area contributed by atoms with Crippen LogP contribution in [-0.4, -0.2) is 44.0 Å². The second-order valence-corrected chi connectivity index (χ2v) is 7.38. The Bertz CT molecular complexity index is 997. The molecule has 1 aliphatic heterocycles. The van der Waals surface area contributed by atoms with Crippen LogP contribution in [0.25, 0.3) is 10.9 Å². The van der Waals surface area contributed by atoms with Gasteiger partial charge in [0, 0.05) is 28.8 Å². The van der Waals surface area contributed by atoms with Gasteiger partial charge in [0.1, 0.15) is 0 Å². The van der Waals surface area contributed by atoms with Crippen LogP contribution in [0, 0.1) is 6.92 Å². The third-order valence-corrected chi connectivity index (χ3v) is 5.61. The lowest BCUT2D eigenvalue weighted by Crippen LogP contribution is -2.25. The van der Waals surface area contributed by atoms with Gasteiger partial charge in [0.25, 0.3) is 0 Å². The number of fused-ring (bicyclic) bond motifs is 1. The smallest absolute Gasteiger partial charge is 0.344 e. The highest BCUT2D eigenvalue weighted by Gasteiger charge is 2.21. The first-order chi connectivity index (χ1) is 12.6. The molecule has 8 heteroatoms. The van der Waals surface area contributed by atoms with E-state index in [1.54, 1.807) is 4.57 Å². The van der Waals surface area contributed by atoms with Crippen molar-refractivity contribution >= 4 is 28.4 Å². The number of nitrogens with one attached hydrogen (secondary N) is 2. The zero-order valence-corrected chi connectivity index (χ0v) is 15.3. The second kappa shape index (κ2) is 7.13. The van der Waals surface area contributed by atoms with Crippen molar-refractivity contribution in [3.8, 4) is 0 Å². The van der Waals surface area contributed by atoms with Crippen LogP contribution in [0.5, 0.6) is 0 Å². The number of Topliss-reactive ketones (excluding diaryl/α,β-unsaturated/α-hetero) is 1. The van der Waals surface area contributed by atoms with Gasteiger partial charge in [-0.1, -0.05) is 30.0 Å². The number of aryl methyl sites for hydroxylation is 1. The maximum atomic E-state index is 12.8. The van der Waals surface area contributed by atoms with E-state index in [0.29, 0.717) is 17.3 Å². The fourth-order valence-electron chi connectivity index (χ4n) is 3.40. The van der Waals surface area contributed by atoms with Gasteiger partial charge in [-0.2, -0.15) is 0 Å². The molecule has 1 aliphatic rings. The van der Waals surface area contributed by atoms with E-state index in [9.17, 15) is 9.59 Å². The molecule has 1 atom stereocenters. The van der Waals surface area contributed by atoms with Crippen molar-refractivity contribution in [1.82, 2.24) is 19.7 Å². The topological polar surface area (TPSA) is 92.8 Å². The Kier molecular flexibility index (Phi) is 4.69. The van der Waals surface area contributed by atoms with Gasteiger partial charge in [0.15, 0.2) is 10.9 Å². The summed E-state index contributed by atoms with van der Waals surface area (Å²) in [6, 6.07) is 7.76. The number of para-hydroxylation sites is 1. The number of aromatic nitrogens is 4. The number of hydrogen-bond acceptors (Lipinski definition) is 5. The Morgan fingerprint density at radius 3 is 3.08 bits per heavy atom. The number of thioether (sulfide) groups is 1. The van der Waals surface area contributed by atoms with Crippen molar-refractivity contribution in [3.63, 3.8) is 0 Å². The SMILES string of the molecule is Cc1[nH]c2ccccc2c1C(=O)CSc1n[nH]c(=O)n1C[C@@H]1CCCO1. The van der Waals surface area contributed by atoms with Crippen LogP contribution < -0.4 is 5.69 Å². The van der Waals surface area contributed by atoms with Crippen molar-refractivity contribution < 1.29 is 9.53 Å². The van der Waals surface area contributed by atoms with Gasteiger partial charge in [-0.3, -0.25) is 9.36 Å². The summed E-state index contributed by atoms with van der Waals surface area (Å²) in [6.07, 6.45) is 1.99. The van der Waals surface area contributed by atoms with Crippen LogP contribution >= 0.6 is 11.8 Å². The molecule has 2 aromatic heterocycles. The average Bonchev–Trinajstić information content (AvgIpc) is 3.33. The zero-order chi connectivity index (χ0) is 18.1. The second-order valence-electron chi connectivity index (χ2n) is 6.44. The maximum Gasteiger partial charge on any atom is 0.344 e. The highest BCUT2D eigenvalue weighted by atomic mass is 32.2. The van der Waals surface area contributed by atoms with Gasteiger partial charge < -0.3 is 9.72 Å². The first kappa shape index (κ1) is 17.1. The number of hydrogen-bond donors (Lipinski definition) is 2. The Balaban J connectivity index is 1.51. The number of H-pyrrole nitrogens is 2. The van der Waals surface area contributed by atoms with Crippen molar-refractivity contribution in [2.75, 3.05) is 12.4 Å². The van der Waals surface area contributed by atoms with E-state index in [1.807, 2.05) is 31.2 Å². The highest BCUT2D eigenvalue weighted by Crippen LogP contribution is 2.25. The summed E-state index contributed by atoms with van der Waals surface area (Å²) < 4.78 is 7.17. The van der Waals surface area contributed by atoms with Crippen molar-refractivity contribution in [3.05, 3.63) is 46.0 Å². The molecule has 3 aromatic rings. The molecule has 0 aliphatic carbocycles. The van der Waals surface area contributed by atoms with Crippen LogP contribution in [0.1, 0.15) is 28.9 Å². The van der Waals surface area contributed by atoms with Gasteiger partial charge in [-0.05, 0) is 25.8 Å². The Morgan fingerprint density at radius 1 is 1.42 bits per heavy atom. The number of ketones is 1. The molecule has 0 radical (unpaired) electrons. The van der Waals surface area contributed by atoms with Crippen molar-refractivity contribution in [2.24, 2.45) is 0 Å². The van der Waals surface area contributed by atoms with Crippen LogP contribution in [-0.2, 0) is 11.3 Å². The third kappa shape index (κ3) is 3.22. The summed E-state index contributed by atoms with van der Waals surface area (Å²) in [7, 11) is 0. The minimum absolute atomic E-state index is 0.0177. The lowest BCUT2D eigenvalue weighted by atomic mass is 10.1. The fourth-order valence-corrected chi connectivity index (χ4v) is 4.23. The van der Waals surface area contributed by atoms with Gasteiger partial charge >= 0.3 is 5.69 Å². The maximum absolute atomic E-state index is 12.8. The highest BCUT2D eigenvalue weighted by molar-refractivity contribution is 7.99. The lowest BCUT2D eigenvalue weighted by molar-refractivity contribution is 0.0941. The van der Waals surface area contributed by atoms with Crippen molar-refractivity contribution in [2.45, 2.75) is 37.6 Å². The molecule has 136 valence electrons. The predicted molar refractivity (Wildman–Crippen MR) is 99.9 cm³/mol. The lowest BCUT2D eigenvalue weighted by Gasteiger charge is -2.10. The van der Waals surface area contributed by atoms with E-state index >= 15 is 0 Å². The minimum Gasteiger partial charge on any atom is -0.376 e. The molecule has 26 heavy (non-hydrogen) atoms. The zero-order valence-electron chi connectivity index (χ0n) is 14.4. The molecule has 4 rings (SSSR count). The molecule has 0 saturated carbocycles. The molecular weight excluding hydrogens is 352 g/mol. The van der Waals surface area contributed by atoms with E-state index in [1.165, 1.54) is 11.8 Å². The monoisotopic (exact) mass is 372 g/mol.